The Balaban J connectivity index is 0.000000155. The van der Waals surface area contributed by atoms with Crippen molar-refractivity contribution >= 4 is 58.1 Å². The molecule has 9 aliphatic heterocycles. The van der Waals surface area contributed by atoms with Crippen LogP contribution in [0.4, 0.5) is 46.5 Å². The quantitative estimate of drug-likeness (QED) is 0.0914. The number of aliphatic hydroxyl groups excluding tert-OH is 1. The van der Waals surface area contributed by atoms with Gasteiger partial charge in [-0.25, -0.2) is 39.9 Å². The number of nitrogens with two attached hydrogens (primary N) is 1. The molecule has 8 aromatic rings. The predicted molar refractivity (Wildman–Crippen MR) is 539 cm³/mol. The number of morpholine rings is 5. The number of aliphatic hydroxyl groups is 1. The Kier molecular flexibility index (Phi) is 41.2. The highest BCUT2D eigenvalue weighted by atomic mass is 35.5. The van der Waals surface area contributed by atoms with Gasteiger partial charge in [-0.1, -0.05) is 166 Å². The minimum Gasteiger partial charge on any atom is -0.493 e. The van der Waals surface area contributed by atoms with Crippen LogP contribution in [0.15, 0.2) is 128 Å². The van der Waals surface area contributed by atoms with Crippen LogP contribution in [0.1, 0.15) is 262 Å². The zero-order valence-electron chi connectivity index (χ0n) is 83.4. The van der Waals surface area contributed by atoms with Gasteiger partial charge in [-0.15, -0.1) is 0 Å². The summed E-state index contributed by atoms with van der Waals surface area (Å²) < 4.78 is 38.4. The third-order valence-corrected chi connectivity index (χ3v) is 25.7. The summed E-state index contributed by atoms with van der Waals surface area (Å²) in [5.41, 5.74) is 17.5. The lowest BCUT2D eigenvalue weighted by atomic mass is 9.88. The maximum Gasteiger partial charge on any atom is 0.171 e. The van der Waals surface area contributed by atoms with Crippen LogP contribution in [0, 0.1) is 12.8 Å². The third-order valence-electron chi connectivity index (χ3n) is 25.4. The Bertz CT molecular complexity index is 4440. The van der Waals surface area contributed by atoms with Crippen LogP contribution < -0.4 is 49.7 Å². The second-order valence-electron chi connectivity index (χ2n) is 39.5. The molecule has 131 heavy (non-hydrogen) atoms. The standard InChI is InChI=1S/C15H24N2O.C13H21N3.C13H20N2O2.C13H18N2O.3C13H20N2O.C12H17ClN2O/c1-11-9-17(10-12(2)18-11)14-7-6-13(8-16-14)15(3,4)5;1-10(2)11-3-4-13(15-9-11)16-7-5-12(14)6-8-16;1-10(2)11-8-12(16-3)13(14-9-11)15-4-6-17-7-5-15;1-9(2)11-3-4-12(14-6-11)15-7-10-5-13(15)16-8-10;1-10(2)12-8-11(3)13(14-9-12)15-4-6-16-7-5-15;1-10(2)12-4-5-13(14-8-12)15-6-7-16-11(3)9-15;1-10(2)11-3-4-13(14-9-11)15-7-5-12(16)6-8-15;1-9(2)10-7-11(13)12(14-8-10)15-3-5-16-6-4-15/h6-8,11-12H,9-10H2,1-5H3;3-4,9-10,12H,5-8,14H2,1-2H3;8-10H,4-7H2,1-3H3;3-4,6,9-10,13H,5,7-8H2,1-2H3;8-10H,4-7H2,1-3H3;4-5,8,10-11H,6-7,9H2,1-3H3;3-4,9-10,12,16H,5-8H2,1-2H3;7-9H,3-6H2,1-2H3/t;;;10-,13+;;11-;;/m...1.1../s1. The van der Waals surface area contributed by atoms with Gasteiger partial charge in [0, 0.05) is 160 Å². The number of fused-ring (bicyclic) bond motifs is 2. The summed E-state index contributed by atoms with van der Waals surface area (Å²) in [6.07, 6.45) is 21.9. The number of hydrogen-bond acceptors (Lipinski definition) is 25. The second kappa shape index (κ2) is 51.7. The first-order valence-electron chi connectivity index (χ1n) is 48.7. The van der Waals surface area contributed by atoms with E-state index < -0.39 is 0 Å². The number of hydrogen-bond donors (Lipinski definition) is 2. The summed E-state index contributed by atoms with van der Waals surface area (Å²) >= 11 is 6.26. The van der Waals surface area contributed by atoms with E-state index in [0.717, 1.165) is 240 Å². The third kappa shape index (κ3) is 32.3. The van der Waals surface area contributed by atoms with Crippen molar-refractivity contribution in [2.75, 3.05) is 197 Å². The minimum absolute atomic E-state index is 0.119. The number of halogens is 1. The first kappa shape index (κ1) is 104. The Hall–Kier alpha value is -8.63. The SMILES string of the molecule is CC(C)c1ccc(N2CCC(N)CC2)nc1.CC(C)c1ccc(N2CCC(O)CC2)nc1.CC(C)c1ccc(N2CCO[C@H](C)C2)nc1.CC(C)c1ccc(N2C[C@@H]3CO[C@H]2C3)nc1.CC(C)c1cnc(N2CCOCC2)c(Cl)c1.CC1CN(c2ccc(C(C)(C)C)cn2)CC(C)O1.COc1cc(C(C)C)cnc1N1CCOCC1.Cc1cc(C(C)C)cnc1N1CCOCC1. The Morgan fingerprint density at radius 1 is 0.397 bits per heavy atom. The lowest BCUT2D eigenvalue weighted by molar-refractivity contribution is -0.00547. The molecule has 0 aromatic carbocycles. The summed E-state index contributed by atoms with van der Waals surface area (Å²) in [6, 6.07) is 28.2. The molecule has 9 saturated heterocycles. The summed E-state index contributed by atoms with van der Waals surface area (Å²) in [5, 5.41) is 10.2. The fourth-order valence-electron chi connectivity index (χ4n) is 16.7. The van der Waals surface area contributed by atoms with Crippen LogP contribution >= 0.6 is 11.6 Å². The molecule has 0 amide bonds. The van der Waals surface area contributed by atoms with Gasteiger partial charge in [0.05, 0.1) is 89.4 Å². The summed E-state index contributed by atoms with van der Waals surface area (Å²) in [6.45, 7) is 66.1. The van der Waals surface area contributed by atoms with Crippen molar-refractivity contribution in [2.24, 2.45) is 11.7 Å². The normalized spacial score (nSPS) is 20.2. The van der Waals surface area contributed by atoms with Crippen LogP contribution in [0.2, 0.25) is 5.02 Å². The molecule has 17 heterocycles. The fourth-order valence-corrected chi connectivity index (χ4v) is 17.0. The largest absolute Gasteiger partial charge is 0.493 e. The Morgan fingerprint density at radius 3 is 1.16 bits per heavy atom. The van der Waals surface area contributed by atoms with E-state index in [-0.39, 0.29) is 30.0 Å². The summed E-state index contributed by atoms with van der Waals surface area (Å²) in [4.78, 5) is 54.5. The van der Waals surface area contributed by atoms with Crippen LogP contribution in [0.25, 0.3) is 0 Å². The molecule has 3 N–H and O–H groups in total. The van der Waals surface area contributed by atoms with Crippen LogP contribution in [-0.2, 0) is 33.8 Å². The highest BCUT2D eigenvalue weighted by molar-refractivity contribution is 6.33. The van der Waals surface area contributed by atoms with Crippen molar-refractivity contribution in [1.82, 2.24) is 39.9 Å². The van der Waals surface area contributed by atoms with Crippen molar-refractivity contribution in [1.29, 1.82) is 0 Å². The zero-order chi connectivity index (χ0) is 94.4. The van der Waals surface area contributed by atoms with Crippen molar-refractivity contribution in [3.05, 3.63) is 184 Å². The topological polar surface area (TPSA) is 240 Å². The molecular weight excluding hydrogens is 1660 g/mol. The average molecular weight is 1820 g/mol. The molecule has 0 saturated carbocycles. The molecule has 26 heteroatoms. The number of methoxy groups -OCH3 is 1. The van der Waals surface area contributed by atoms with E-state index in [1.807, 2.05) is 55.6 Å². The molecule has 720 valence electrons. The minimum atomic E-state index is -0.119. The van der Waals surface area contributed by atoms with E-state index in [4.69, 9.17) is 50.5 Å². The predicted octanol–water partition coefficient (Wildman–Crippen LogP) is 19.2. The maximum atomic E-state index is 9.44. The first-order chi connectivity index (χ1) is 62.7. The molecule has 5 atom stereocenters. The average Bonchev–Trinajstić information content (AvgIpc) is 1.60. The first-order valence-corrected chi connectivity index (χ1v) is 49.1. The van der Waals surface area contributed by atoms with Gasteiger partial charge in [-0.3, -0.25) is 0 Å². The monoisotopic (exact) mass is 1820 g/mol. The van der Waals surface area contributed by atoms with E-state index in [2.05, 4.69) is 297 Å². The summed E-state index contributed by atoms with van der Waals surface area (Å²) in [7, 11) is 1.70. The molecule has 9 fully saturated rings. The van der Waals surface area contributed by atoms with Gasteiger partial charge in [0.1, 0.15) is 47.0 Å². The van der Waals surface area contributed by atoms with Gasteiger partial charge < -0.3 is 83.2 Å². The number of aromatic nitrogens is 8. The van der Waals surface area contributed by atoms with Gasteiger partial charge in [0.15, 0.2) is 11.6 Å². The molecule has 25 nitrogen and oxygen atoms in total. The number of pyridine rings is 8. The Morgan fingerprint density at radius 2 is 0.771 bits per heavy atom. The maximum absolute atomic E-state index is 9.44. The van der Waals surface area contributed by atoms with Crippen LogP contribution in [0.3, 0.4) is 0 Å². The number of anilines is 8. The lowest BCUT2D eigenvalue weighted by Crippen LogP contribution is -2.45. The molecule has 9 aliphatic rings. The Labute approximate surface area is 791 Å². The molecule has 0 radical (unpaired) electrons. The number of piperidine rings is 2. The highest BCUT2D eigenvalue weighted by Crippen LogP contribution is 2.37. The lowest BCUT2D eigenvalue weighted by Gasteiger charge is -2.36. The van der Waals surface area contributed by atoms with Crippen molar-refractivity contribution in [2.45, 2.75) is 261 Å². The van der Waals surface area contributed by atoms with Gasteiger partial charge in [0.2, 0.25) is 0 Å². The molecular formula is C105H160ClN17O8. The number of aryl methyl sites for hydroxylation is 1. The molecule has 8 aromatic heterocycles. The van der Waals surface area contributed by atoms with E-state index in [1.54, 1.807) is 7.11 Å². The highest BCUT2D eigenvalue weighted by Gasteiger charge is 2.40. The van der Waals surface area contributed by atoms with Crippen LogP contribution in [0.5, 0.6) is 5.75 Å². The number of rotatable bonds is 16. The van der Waals surface area contributed by atoms with Crippen LogP contribution in [-0.4, -0.2) is 240 Å². The molecule has 17 rings (SSSR count). The van der Waals surface area contributed by atoms with Crippen molar-refractivity contribution < 1.29 is 38.3 Å². The number of ether oxygens (including phenoxy) is 7. The fraction of sp³-hybridized carbons (Fsp3) is 0.619. The molecule has 2 unspecified atom stereocenters. The van der Waals surface area contributed by atoms with E-state index in [0.29, 0.717) is 53.6 Å². The van der Waals surface area contributed by atoms with Gasteiger partial charge in [-0.2, -0.15) is 0 Å². The summed E-state index contributed by atoms with van der Waals surface area (Å²) in [5.74, 6) is 13.5. The zero-order valence-corrected chi connectivity index (χ0v) is 84.2. The van der Waals surface area contributed by atoms with Crippen molar-refractivity contribution in [3.8, 4) is 5.75 Å². The van der Waals surface area contributed by atoms with Crippen molar-refractivity contribution in [3.63, 3.8) is 0 Å². The second-order valence-corrected chi connectivity index (χ2v) is 39.9. The van der Waals surface area contributed by atoms with Gasteiger partial charge in [-0.05, 0) is 199 Å². The van der Waals surface area contributed by atoms with E-state index >= 15 is 0 Å². The molecule has 0 aliphatic carbocycles. The molecule has 0 spiro atoms. The van der Waals surface area contributed by atoms with Gasteiger partial charge in [0.25, 0.3) is 0 Å². The molecule has 2 bridgehead atoms. The van der Waals surface area contributed by atoms with E-state index in [1.165, 1.54) is 56.5 Å². The van der Waals surface area contributed by atoms with Gasteiger partial charge >= 0.3 is 0 Å². The number of nitrogens with zero attached hydrogens (tertiary/aromatic N) is 16. The van der Waals surface area contributed by atoms with E-state index in [9.17, 15) is 5.11 Å². The smallest absolute Gasteiger partial charge is 0.171 e.